The highest BCUT2D eigenvalue weighted by Gasteiger charge is 2.12. The van der Waals surface area contributed by atoms with Crippen LogP contribution in [0.15, 0.2) is 29.1 Å². The molecule has 0 fully saturated rings. The van der Waals surface area contributed by atoms with E-state index in [1.165, 1.54) is 0 Å². The molecule has 0 aliphatic heterocycles. The number of unbranched alkanes of at least 4 members (excludes halogenated alkanes) is 1. The zero-order chi connectivity index (χ0) is 19.7. The summed E-state index contributed by atoms with van der Waals surface area (Å²) >= 11 is 7.97. The van der Waals surface area contributed by atoms with Gasteiger partial charge >= 0.3 is 0 Å². The summed E-state index contributed by atoms with van der Waals surface area (Å²) in [6.45, 7) is 9.99. The summed E-state index contributed by atoms with van der Waals surface area (Å²) in [5.74, 6) is 1.73. The molecule has 2 N–H and O–H groups in total. The van der Waals surface area contributed by atoms with Crippen LogP contribution in [0.2, 0.25) is 5.02 Å². The number of aryl methyl sites for hydroxylation is 2. The summed E-state index contributed by atoms with van der Waals surface area (Å²) in [6, 6.07) is 7.70. The van der Waals surface area contributed by atoms with E-state index in [0.717, 1.165) is 35.5 Å². The number of hydrogen-bond acceptors (Lipinski definition) is 4. The van der Waals surface area contributed by atoms with Gasteiger partial charge in [-0.1, -0.05) is 56.8 Å². The maximum absolute atomic E-state index is 12.3. The minimum absolute atomic E-state index is 0.0233. The Balaban J connectivity index is 0.00000163. The first-order chi connectivity index (χ1) is 12.4. The minimum atomic E-state index is -0.0233. The average Bonchev–Trinajstić information content (AvgIpc) is 2.63. The first kappa shape index (κ1) is 22.5. The second-order valence-corrected chi connectivity index (χ2v) is 7.17. The van der Waals surface area contributed by atoms with Crippen molar-refractivity contribution < 1.29 is 0 Å². The first-order valence-corrected chi connectivity index (χ1v) is 10.4. The van der Waals surface area contributed by atoms with Crippen LogP contribution in [-0.2, 0) is 7.05 Å². The second kappa shape index (κ2) is 11.2. The van der Waals surface area contributed by atoms with Crippen LogP contribution in [0, 0.1) is 13.8 Å². The van der Waals surface area contributed by atoms with Crippen LogP contribution in [0.1, 0.15) is 44.7 Å². The highest BCUT2D eigenvalue weighted by atomic mass is 35.5. The van der Waals surface area contributed by atoms with Gasteiger partial charge < -0.3 is 10.0 Å². The van der Waals surface area contributed by atoms with Crippen molar-refractivity contribution in [2.75, 3.05) is 15.8 Å². The smallest absolute Gasteiger partial charge is 0.254 e. The van der Waals surface area contributed by atoms with E-state index in [9.17, 15) is 4.79 Å². The monoisotopic (exact) mass is 395 g/mol. The van der Waals surface area contributed by atoms with Crippen LogP contribution >= 0.6 is 23.5 Å². The Morgan fingerprint density at radius 3 is 2.46 bits per heavy atom. The van der Waals surface area contributed by atoms with E-state index in [2.05, 4.69) is 17.0 Å². The van der Waals surface area contributed by atoms with Gasteiger partial charge in [-0.15, -0.1) is 0 Å². The van der Waals surface area contributed by atoms with Crippen LogP contribution in [0.5, 0.6) is 0 Å². The zero-order valence-corrected chi connectivity index (χ0v) is 18.1. The Kier molecular flexibility index (Phi) is 9.66. The average molecular weight is 396 g/mol. The molecule has 2 aromatic rings. The predicted octanol–water partition coefficient (Wildman–Crippen LogP) is 6.29. The van der Waals surface area contributed by atoms with Crippen LogP contribution in [-0.4, -0.2) is 10.3 Å². The van der Waals surface area contributed by atoms with Crippen molar-refractivity contribution in [3.8, 4) is 0 Å². The number of hydrogen-bond donors (Lipinski definition) is 2. The second-order valence-electron chi connectivity index (χ2n) is 5.87. The van der Waals surface area contributed by atoms with Gasteiger partial charge in [0.05, 0.1) is 16.4 Å². The lowest BCUT2D eigenvalue weighted by Crippen LogP contribution is -2.22. The van der Waals surface area contributed by atoms with E-state index in [0.29, 0.717) is 16.4 Å². The zero-order valence-electron chi connectivity index (χ0n) is 16.6. The van der Waals surface area contributed by atoms with Crippen LogP contribution < -0.4 is 15.6 Å². The Morgan fingerprint density at radius 1 is 1.15 bits per heavy atom. The van der Waals surface area contributed by atoms with Gasteiger partial charge in [0.1, 0.15) is 5.82 Å². The third kappa shape index (κ3) is 5.99. The van der Waals surface area contributed by atoms with Crippen molar-refractivity contribution in [3.63, 3.8) is 0 Å². The van der Waals surface area contributed by atoms with Crippen molar-refractivity contribution in [2.45, 2.75) is 47.5 Å². The molecule has 0 bridgehead atoms. The fourth-order valence-electron chi connectivity index (χ4n) is 2.32. The number of nitrogens with one attached hydrogen (secondary N) is 2. The van der Waals surface area contributed by atoms with Crippen LogP contribution in [0.25, 0.3) is 0 Å². The number of benzene rings is 1. The lowest BCUT2D eigenvalue weighted by Gasteiger charge is -2.18. The molecule has 144 valence electrons. The molecular weight excluding hydrogens is 366 g/mol. The molecule has 0 aliphatic rings. The van der Waals surface area contributed by atoms with Crippen molar-refractivity contribution in [1.29, 1.82) is 0 Å². The van der Waals surface area contributed by atoms with Crippen LogP contribution in [0.3, 0.4) is 0 Å². The van der Waals surface area contributed by atoms with Crippen molar-refractivity contribution >= 4 is 40.7 Å². The lowest BCUT2D eigenvalue weighted by molar-refractivity contribution is 0.861. The van der Waals surface area contributed by atoms with E-state index in [4.69, 9.17) is 11.6 Å². The molecule has 0 saturated carbocycles. The molecule has 1 aromatic carbocycles. The molecule has 0 unspecified atom stereocenters. The van der Waals surface area contributed by atoms with Gasteiger partial charge in [-0.3, -0.25) is 9.36 Å². The number of halogens is 1. The summed E-state index contributed by atoms with van der Waals surface area (Å²) in [6.07, 6.45) is 2.31. The number of aromatic nitrogens is 1. The van der Waals surface area contributed by atoms with Gasteiger partial charge in [0, 0.05) is 18.4 Å². The summed E-state index contributed by atoms with van der Waals surface area (Å²) in [5.41, 5.74) is 3.44. The van der Waals surface area contributed by atoms with E-state index in [-0.39, 0.29) is 5.56 Å². The van der Waals surface area contributed by atoms with Crippen molar-refractivity contribution in [3.05, 3.63) is 50.8 Å². The van der Waals surface area contributed by atoms with Gasteiger partial charge in [0.15, 0.2) is 0 Å². The number of nitrogens with zero attached hydrogens (tertiary/aromatic N) is 1. The molecule has 6 heteroatoms. The third-order valence-corrected chi connectivity index (χ3v) is 4.92. The molecule has 0 radical (unpaired) electrons. The summed E-state index contributed by atoms with van der Waals surface area (Å²) < 4.78 is 4.98. The van der Waals surface area contributed by atoms with Gasteiger partial charge in [0.25, 0.3) is 5.56 Å². The van der Waals surface area contributed by atoms with Gasteiger partial charge in [-0.2, -0.15) is 0 Å². The molecule has 0 spiro atoms. The fraction of sp³-hybridized carbons (Fsp3) is 0.450. The molecule has 4 nitrogen and oxygen atoms in total. The standard InChI is InChI=1S/C18H24ClN3OS.C2H6/c1-5-6-9-24-21-16-11-13(3)18(23)22(4)17(16)20-15-8-7-12(2)10-14(15)19;1-2/h7-8,10-11,20-21H,5-6,9H2,1-4H3;1-2H3. The molecule has 1 aromatic heterocycles. The van der Waals surface area contributed by atoms with Gasteiger partial charge in [0.2, 0.25) is 0 Å². The fourth-order valence-corrected chi connectivity index (χ4v) is 3.45. The topological polar surface area (TPSA) is 46.1 Å². The normalized spacial score (nSPS) is 10.1. The molecular formula is C20H30ClN3OS. The minimum Gasteiger partial charge on any atom is -0.339 e. The Hall–Kier alpha value is -1.59. The number of anilines is 3. The Labute approximate surface area is 166 Å². The molecule has 0 amide bonds. The van der Waals surface area contributed by atoms with E-state index >= 15 is 0 Å². The van der Waals surface area contributed by atoms with E-state index in [1.807, 2.05) is 52.0 Å². The third-order valence-electron chi connectivity index (χ3n) is 3.75. The molecule has 2 rings (SSSR count). The largest absolute Gasteiger partial charge is 0.339 e. The van der Waals surface area contributed by atoms with E-state index in [1.54, 1.807) is 23.6 Å². The summed E-state index contributed by atoms with van der Waals surface area (Å²) in [4.78, 5) is 12.3. The Bertz CT molecular complexity index is 774. The lowest BCUT2D eigenvalue weighted by atomic mass is 10.2. The highest BCUT2D eigenvalue weighted by Crippen LogP contribution is 2.31. The van der Waals surface area contributed by atoms with Gasteiger partial charge in [-0.05, 0) is 44.0 Å². The summed E-state index contributed by atoms with van der Waals surface area (Å²) in [7, 11) is 1.77. The van der Waals surface area contributed by atoms with E-state index < -0.39 is 0 Å². The molecule has 0 saturated heterocycles. The Morgan fingerprint density at radius 2 is 1.85 bits per heavy atom. The number of pyridine rings is 1. The van der Waals surface area contributed by atoms with Crippen molar-refractivity contribution in [1.82, 2.24) is 4.57 Å². The molecule has 0 aliphatic carbocycles. The quantitative estimate of drug-likeness (QED) is 0.427. The van der Waals surface area contributed by atoms with Gasteiger partial charge in [-0.25, -0.2) is 0 Å². The highest BCUT2D eigenvalue weighted by molar-refractivity contribution is 8.00. The van der Waals surface area contributed by atoms with Crippen LogP contribution in [0.4, 0.5) is 17.2 Å². The SMILES string of the molecule is CC.CCCCSNc1cc(C)c(=O)n(C)c1Nc1ccc(C)cc1Cl. The summed E-state index contributed by atoms with van der Waals surface area (Å²) in [5, 5.41) is 3.93. The predicted molar refractivity (Wildman–Crippen MR) is 118 cm³/mol. The molecule has 26 heavy (non-hydrogen) atoms. The van der Waals surface area contributed by atoms with Crippen molar-refractivity contribution in [2.24, 2.45) is 7.05 Å². The molecule has 0 atom stereocenters. The molecule has 1 heterocycles. The maximum atomic E-state index is 12.3. The number of rotatable bonds is 7. The first-order valence-electron chi connectivity index (χ1n) is 9.05. The maximum Gasteiger partial charge on any atom is 0.254 e.